The lowest BCUT2D eigenvalue weighted by Gasteiger charge is -2.09. The van der Waals surface area contributed by atoms with Gasteiger partial charge < -0.3 is 9.88 Å². The van der Waals surface area contributed by atoms with E-state index in [0.29, 0.717) is 18.7 Å². The number of carbonyl (C=O) groups excluding carboxylic acids is 2. The molecule has 2 aromatic rings. The number of hydrogen-bond donors (Lipinski definition) is 1. The van der Waals surface area contributed by atoms with E-state index in [4.69, 9.17) is 0 Å². The van der Waals surface area contributed by atoms with Crippen LogP contribution >= 0.6 is 0 Å². The van der Waals surface area contributed by atoms with Crippen LogP contribution in [-0.2, 0) is 11.3 Å². The van der Waals surface area contributed by atoms with Crippen molar-refractivity contribution in [2.24, 2.45) is 0 Å². The first-order valence-corrected chi connectivity index (χ1v) is 6.57. The van der Waals surface area contributed by atoms with Crippen LogP contribution in [0.4, 0.5) is 5.69 Å². The molecule has 1 aromatic carbocycles. The zero-order valence-electron chi connectivity index (χ0n) is 11.7. The maximum Gasteiger partial charge on any atom is 0.226 e. The zero-order chi connectivity index (χ0) is 14.5. The molecule has 0 aliphatic carbocycles. The van der Waals surface area contributed by atoms with Crippen molar-refractivity contribution in [3.8, 4) is 0 Å². The SMILES string of the molecule is Cc1cc(C)cc(NC(=O)CCn2cccc2C=O)c1. The quantitative estimate of drug-likeness (QED) is 0.849. The number of amides is 1. The number of anilines is 1. The monoisotopic (exact) mass is 270 g/mol. The van der Waals surface area contributed by atoms with Gasteiger partial charge in [0.2, 0.25) is 5.91 Å². The first-order chi connectivity index (χ1) is 9.58. The van der Waals surface area contributed by atoms with Crippen LogP contribution in [0.15, 0.2) is 36.5 Å². The van der Waals surface area contributed by atoms with Gasteiger partial charge >= 0.3 is 0 Å². The molecule has 4 heteroatoms. The third kappa shape index (κ3) is 3.57. The van der Waals surface area contributed by atoms with E-state index in [2.05, 4.69) is 11.4 Å². The molecule has 4 nitrogen and oxygen atoms in total. The van der Waals surface area contributed by atoms with Crippen LogP contribution in [0.25, 0.3) is 0 Å². The normalized spacial score (nSPS) is 10.3. The highest BCUT2D eigenvalue weighted by atomic mass is 16.1. The summed E-state index contributed by atoms with van der Waals surface area (Å²) in [5.41, 5.74) is 3.64. The van der Waals surface area contributed by atoms with Crippen LogP contribution in [0.1, 0.15) is 28.0 Å². The van der Waals surface area contributed by atoms with Gasteiger partial charge in [-0.05, 0) is 49.2 Å². The average Bonchev–Trinajstić information content (AvgIpc) is 2.82. The Morgan fingerprint density at radius 2 is 1.95 bits per heavy atom. The van der Waals surface area contributed by atoms with E-state index in [1.54, 1.807) is 22.9 Å². The number of benzene rings is 1. The summed E-state index contributed by atoms with van der Waals surface area (Å²) >= 11 is 0. The summed E-state index contributed by atoms with van der Waals surface area (Å²) < 4.78 is 1.77. The molecule has 0 unspecified atom stereocenters. The van der Waals surface area contributed by atoms with Crippen molar-refractivity contribution in [3.05, 3.63) is 53.3 Å². The van der Waals surface area contributed by atoms with Crippen molar-refractivity contribution in [2.45, 2.75) is 26.8 Å². The van der Waals surface area contributed by atoms with Gasteiger partial charge in [-0.1, -0.05) is 6.07 Å². The molecule has 0 saturated carbocycles. The highest BCUT2D eigenvalue weighted by Crippen LogP contribution is 2.14. The minimum atomic E-state index is -0.0550. The van der Waals surface area contributed by atoms with Gasteiger partial charge in [0.1, 0.15) is 0 Å². The molecule has 1 amide bonds. The summed E-state index contributed by atoms with van der Waals surface area (Å²) in [5, 5.41) is 2.88. The van der Waals surface area contributed by atoms with Crippen LogP contribution in [0.5, 0.6) is 0 Å². The van der Waals surface area contributed by atoms with Crippen molar-refractivity contribution in [1.82, 2.24) is 4.57 Å². The van der Waals surface area contributed by atoms with Crippen LogP contribution < -0.4 is 5.32 Å². The molecule has 0 bridgehead atoms. The second kappa shape index (κ2) is 6.19. The van der Waals surface area contributed by atoms with Gasteiger partial charge in [0.15, 0.2) is 6.29 Å². The summed E-state index contributed by atoms with van der Waals surface area (Å²) in [6, 6.07) is 9.47. The van der Waals surface area contributed by atoms with Crippen molar-refractivity contribution < 1.29 is 9.59 Å². The minimum Gasteiger partial charge on any atom is -0.345 e. The Bertz CT molecular complexity index is 609. The van der Waals surface area contributed by atoms with E-state index in [9.17, 15) is 9.59 Å². The van der Waals surface area contributed by atoms with E-state index in [-0.39, 0.29) is 5.91 Å². The van der Waals surface area contributed by atoms with Gasteiger partial charge in [-0.3, -0.25) is 9.59 Å². The molecule has 0 atom stereocenters. The number of hydrogen-bond acceptors (Lipinski definition) is 2. The number of nitrogens with zero attached hydrogens (tertiary/aromatic N) is 1. The Kier molecular flexibility index (Phi) is 4.35. The van der Waals surface area contributed by atoms with Gasteiger partial charge in [0.05, 0.1) is 5.69 Å². The van der Waals surface area contributed by atoms with E-state index in [1.807, 2.05) is 26.0 Å². The number of aldehydes is 1. The summed E-state index contributed by atoms with van der Waals surface area (Å²) in [6.07, 6.45) is 2.93. The molecule has 0 saturated heterocycles. The predicted octanol–water partition coefficient (Wildman–Crippen LogP) is 2.95. The number of carbonyl (C=O) groups is 2. The Balaban J connectivity index is 1.94. The fraction of sp³-hybridized carbons (Fsp3) is 0.250. The minimum absolute atomic E-state index is 0.0550. The second-order valence-electron chi connectivity index (χ2n) is 4.92. The highest BCUT2D eigenvalue weighted by Gasteiger charge is 2.05. The highest BCUT2D eigenvalue weighted by molar-refractivity contribution is 5.90. The maximum absolute atomic E-state index is 11.9. The fourth-order valence-corrected chi connectivity index (χ4v) is 2.23. The number of aromatic nitrogens is 1. The smallest absolute Gasteiger partial charge is 0.226 e. The largest absolute Gasteiger partial charge is 0.345 e. The standard InChI is InChI=1S/C16H18N2O2/c1-12-8-13(2)10-14(9-12)17-16(20)5-7-18-6-3-4-15(18)11-19/h3-4,6,8-11H,5,7H2,1-2H3,(H,17,20). The Morgan fingerprint density at radius 3 is 2.60 bits per heavy atom. The van der Waals surface area contributed by atoms with Gasteiger partial charge in [0, 0.05) is 24.8 Å². The van der Waals surface area contributed by atoms with Gasteiger partial charge in [-0.25, -0.2) is 0 Å². The summed E-state index contributed by atoms with van der Waals surface area (Å²) in [5.74, 6) is -0.0550. The van der Waals surface area contributed by atoms with Gasteiger partial charge in [0.25, 0.3) is 0 Å². The van der Waals surface area contributed by atoms with E-state index in [0.717, 1.165) is 23.1 Å². The van der Waals surface area contributed by atoms with E-state index in [1.165, 1.54) is 0 Å². The van der Waals surface area contributed by atoms with Gasteiger partial charge in [-0.15, -0.1) is 0 Å². The van der Waals surface area contributed by atoms with Crippen molar-refractivity contribution in [1.29, 1.82) is 0 Å². The Hall–Kier alpha value is -2.36. The summed E-state index contributed by atoms with van der Waals surface area (Å²) in [7, 11) is 0. The lowest BCUT2D eigenvalue weighted by molar-refractivity contribution is -0.116. The molecule has 0 spiro atoms. The number of nitrogens with one attached hydrogen (secondary N) is 1. The lowest BCUT2D eigenvalue weighted by atomic mass is 10.1. The molecule has 104 valence electrons. The molecular formula is C16H18N2O2. The topological polar surface area (TPSA) is 51.1 Å². The van der Waals surface area contributed by atoms with Gasteiger partial charge in [-0.2, -0.15) is 0 Å². The third-order valence-electron chi connectivity index (χ3n) is 3.07. The third-order valence-corrected chi connectivity index (χ3v) is 3.07. The molecule has 20 heavy (non-hydrogen) atoms. The summed E-state index contributed by atoms with van der Waals surface area (Å²) in [6.45, 7) is 4.50. The molecule has 0 radical (unpaired) electrons. The molecule has 2 rings (SSSR count). The predicted molar refractivity (Wildman–Crippen MR) is 79.0 cm³/mol. The number of aryl methyl sites for hydroxylation is 3. The van der Waals surface area contributed by atoms with Crippen LogP contribution in [0.2, 0.25) is 0 Å². The van der Waals surface area contributed by atoms with Crippen LogP contribution in [0.3, 0.4) is 0 Å². The van der Waals surface area contributed by atoms with E-state index >= 15 is 0 Å². The van der Waals surface area contributed by atoms with Crippen LogP contribution in [-0.4, -0.2) is 16.8 Å². The maximum atomic E-state index is 11.9. The molecule has 0 aliphatic rings. The Morgan fingerprint density at radius 1 is 1.25 bits per heavy atom. The van der Waals surface area contributed by atoms with Crippen molar-refractivity contribution in [3.63, 3.8) is 0 Å². The molecule has 1 aromatic heterocycles. The number of rotatable bonds is 5. The van der Waals surface area contributed by atoms with Crippen molar-refractivity contribution >= 4 is 17.9 Å². The first-order valence-electron chi connectivity index (χ1n) is 6.57. The molecule has 1 N–H and O–H groups in total. The molecule has 1 heterocycles. The van der Waals surface area contributed by atoms with E-state index < -0.39 is 0 Å². The summed E-state index contributed by atoms with van der Waals surface area (Å²) in [4.78, 5) is 22.7. The molecule has 0 aliphatic heterocycles. The van der Waals surface area contributed by atoms with Crippen LogP contribution in [0, 0.1) is 13.8 Å². The average molecular weight is 270 g/mol. The second-order valence-corrected chi connectivity index (χ2v) is 4.92. The Labute approximate surface area is 118 Å². The zero-order valence-corrected chi connectivity index (χ0v) is 11.7. The fourth-order valence-electron chi connectivity index (χ4n) is 2.23. The first kappa shape index (κ1) is 14.1. The lowest BCUT2D eigenvalue weighted by Crippen LogP contribution is -2.15. The molecule has 0 fully saturated rings. The molecular weight excluding hydrogens is 252 g/mol. The van der Waals surface area contributed by atoms with Crippen molar-refractivity contribution in [2.75, 3.05) is 5.32 Å².